The molecule has 44 heavy (non-hydrogen) atoms. The van der Waals surface area contributed by atoms with Crippen LogP contribution in [0.4, 0.5) is 14.5 Å². The summed E-state index contributed by atoms with van der Waals surface area (Å²) < 4.78 is 53.5. The molecule has 1 fully saturated rings. The standard InChI is InChI=1S/C33H38ClF2N3O4S/c1-44(42,43)39(28-17-18-29(35)30(36)22-28)19-9-16-32(40)38(23-25-12-8-13-26(34)20-25)31(21-24-10-4-2-5-11-24)33(41)37-27-14-6-3-7-15-27/h2,4-5,8,10-13,17-18,20,22,27,31H,3,6-7,9,14-16,19,21,23H2,1H3,(H,37,41). The number of halogens is 3. The van der Waals surface area contributed by atoms with Gasteiger partial charge in [0.1, 0.15) is 6.04 Å². The van der Waals surface area contributed by atoms with E-state index < -0.39 is 27.7 Å². The maximum Gasteiger partial charge on any atom is 0.243 e. The summed E-state index contributed by atoms with van der Waals surface area (Å²) in [7, 11) is -3.87. The largest absolute Gasteiger partial charge is 0.352 e. The molecule has 0 radical (unpaired) electrons. The Balaban J connectivity index is 1.59. The van der Waals surface area contributed by atoms with E-state index in [2.05, 4.69) is 5.32 Å². The molecule has 7 nitrogen and oxygen atoms in total. The van der Waals surface area contributed by atoms with Crippen LogP contribution in [-0.4, -0.2) is 50.0 Å². The van der Waals surface area contributed by atoms with Crippen molar-refractivity contribution in [2.75, 3.05) is 17.1 Å². The van der Waals surface area contributed by atoms with Crippen molar-refractivity contribution in [2.24, 2.45) is 0 Å². The second-order valence-electron chi connectivity index (χ2n) is 11.2. The maximum atomic E-state index is 14.0. The van der Waals surface area contributed by atoms with E-state index in [4.69, 9.17) is 11.6 Å². The van der Waals surface area contributed by atoms with Gasteiger partial charge >= 0.3 is 0 Å². The number of sulfonamides is 1. The van der Waals surface area contributed by atoms with E-state index >= 15 is 0 Å². The monoisotopic (exact) mass is 645 g/mol. The van der Waals surface area contributed by atoms with Gasteiger partial charge < -0.3 is 10.2 Å². The first-order valence-corrected chi connectivity index (χ1v) is 17.0. The van der Waals surface area contributed by atoms with E-state index in [-0.39, 0.29) is 55.9 Å². The molecule has 0 heterocycles. The van der Waals surface area contributed by atoms with Gasteiger partial charge in [0.2, 0.25) is 21.8 Å². The van der Waals surface area contributed by atoms with Gasteiger partial charge in [-0.2, -0.15) is 0 Å². The van der Waals surface area contributed by atoms with Gasteiger partial charge in [-0.05, 0) is 54.7 Å². The highest BCUT2D eigenvalue weighted by molar-refractivity contribution is 7.92. The first-order chi connectivity index (χ1) is 21.0. The number of carbonyl (C=O) groups excluding carboxylic acids is 2. The highest BCUT2D eigenvalue weighted by atomic mass is 35.5. The van der Waals surface area contributed by atoms with Gasteiger partial charge in [0.05, 0.1) is 11.9 Å². The average Bonchev–Trinajstić information content (AvgIpc) is 2.99. The second-order valence-corrected chi connectivity index (χ2v) is 13.6. The first-order valence-electron chi connectivity index (χ1n) is 14.8. The molecule has 0 aromatic heterocycles. The Morgan fingerprint density at radius 1 is 0.932 bits per heavy atom. The van der Waals surface area contributed by atoms with Gasteiger partial charge in [0.15, 0.2) is 11.6 Å². The third-order valence-corrected chi connectivity index (χ3v) is 9.24. The molecule has 1 unspecified atom stereocenters. The number of nitrogens with zero attached hydrogens (tertiary/aromatic N) is 2. The zero-order valence-electron chi connectivity index (χ0n) is 24.7. The van der Waals surface area contributed by atoms with Crippen molar-refractivity contribution in [1.29, 1.82) is 0 Å². The minimum absolute atomic E-state index is 0.0385. The normalized spacial score (nSPS) is 14.5. The van der Waals surface area contributed by atoms with Gasteiger partial charge in [-0.25, -0.2) is 17.2 Å². The third-order valence-electron chi connectivity index (χ3n) is 7.81. The summed E-state index contributed by atoms with van der Waals surface area (Å²) >= 11 is 6.25. The van der Waals surface area contributed by atoms with Crippen LogP contribution in [0, 0.1) is 11.6 Å². The number of hydrogen-bond donors (Lipinski definition) is 1. The summed E-state index contributed by atoms with van der Waals surface area (Å²) in [4.78, 5) is 29.4. The van der Waals surface area contributed by atoms with Crippen molar-refractivity contribution in [3.63, 3.8) is 0 Å². The molecule has 0 spiro atoms. The Bertz CT molecular complexity index is 1530. The maximum absolute atomic E-state index is 14.0. The number of hydrogen-bond acceptors (Lipinski definition) is 4. The molecule has 3 aromatic carbocycles. The lowest BCUT2D eigenvalue weighted by Crippen LogP contribution is -2.52. The van der Waals surface area contributed by atoms with Crippen LogP contribution in [0.15, 0.2) is 72.8 Å². The SMILES string of the molecule is CS(=O)(=O)N(CCCC(=O)N(Cc1cccc(Cl)c1)C(Cc1ccccc1)C(=O)NC1CCCCC1)c1ccc(F)c(F)c1. The van der Waals surface area contributed by atoms with E-state index in [0.29, 0.717) is 5.02 Å². The van der Waals surface area contributed by atoms with Gasteiger partial charge in [-0.15, -0.1) is 0 Å². The van der Waals surface area contributed by atoms with Crippen LogP contribution in [0.1, 0.15) is 56.1 Å². The summed E-state index contributed by atoms with van der Waals surface area (Å²) in [5.41, 5.74) is 1.60. The summed E-state index contributed by atoms with van der Waals surface area (Å²) in [6, 6.07) is 18.6. The van der Waals surface area contributed by atoms with E-state index in [9.17, 15) is 26.8 Å². The summed E-state index contributed by atoms with van der Waals surface area (Å²) in [6.07, 6.45) is 6.23. The van der Waals surface area contributed by atoms with Crippen LogP contribution in [-0.2, 0) is 32.6 Å². The van der Waals surface area contributed by atoms with Gasteiger partial charge in [0, 0.05) is 43.1 Å². The van der Waals surface area contributed by atoms with E-state index in [1.54, 1.807) is 23.1 Å². The predicted molar refractivity (Wildman–Crippen MR) is 169 cm³/mol. The van der Waals surface area contributed by atoms with Crippen molar-refractivity contribution in [3.05, 3.63) is 101 Å². The number of benzene rings is 3. The molecule has 1 saturated carbocycles. The summed E-state index contributed by atoms with van der Waals surface area (Å²) in [6.45, 7) is -0.0216. The van der Waals surface area contributed by atoms with Gasteiger partial charge in [-0.1, -0.05) is 73.3 Å². The van der Waals surface area contributed by atoms with E-state index in [0.717, 1.165) is 65.9 Å². The Hall–Kier alpha value is -3.50. The minimum Gasteiger partial charge on any atom is -0.352 e. The third kappa shape index (κ3) is 9.50. The van der Waals surface area contributed by atoms with E-state index in [1.165, 1.54) is 6.07 Å². The van der Waals surface area contributed by atoms with Crippen molar-refractivity contribution < 1.29 is 26.8 Å². The topological polar surface area (TPSA) is 86.8 Å². The van der Waals surface area contributed by atoms with Crippen LogP contribution in [0.25, 0.3) is 0 Å². The fourth-order valence-electron chi connectivity index (χ4n) is 5.57. The lowest BCUT2D eigenvalue weighted by molar-refractivity contribution is -0.141. The molecule has 11 heteroatoms. The highest BCUT2D eigenvalue weighted by Gasteiger charge is 2.32. The molecule has 0 saturated heterocycles. The number of nitrogens with one attached hydrogen (secondary N) is 1. The summed E-state index contributed by atoms with van der Waals surface area (Å²) in [5, 5.41) is 3.68. The van der Waals surface area contributed by atoms with Crippen molar-refractivity contribution in [1.82, 2.24) is 10.2 Å². The van der Waals surface area contributed by atoms with Crippen LogP contribution in [0.3, 0.4) is 0 Å². The predicted octanol–water partition coefficient (Wildman–Crippen LogP) is 6.25. The van der Waals surface area contributed by atoms with Crippen LogP contribution >= 0.6 is 11.6 Å². The number of anilines is 1. The molecule has 1 N–H and O–H groups in total. The van der Waals surface area contributed by atoms with Crippen LogP contribution in [0.5, 0.6) is 0 Å². The van der Waals surface area contributed by atoms with Crippen LogP contribution < -0.4 is 9.62 Å². The molecule has 4 rings (SSSR count). The molecule has 0 bridgehead atoms. The molecular weight excluding hydrogens is 608 g/mol. The van der Waals surface area contributed by atoms with E-state index in [1.807, 2.05) is 36.4 Å². The lowest BCUT2D eigenvalue weighted by Gasteiger charge is -2.34. The van der Waals surface area contributed by atoms with Gasteiger partial charge in [0.25, 0.3) is 0 Å². The Morgan fingerprint density at radius 3 is 2.30 bits per heavy atom. The highest BCUT2D eigenvalue weighted by Crippen LogP contribution is 2.24. The minimum atomic E-state index is -3.87. The first kappa shape index (κ1) is 33.4. The zero-order chi connectivity index (χ0) is 31.7. The fourth-order valence-corrected chi connectivity index (χ4v) is 6.74. The van der Waals surface area contributed by atoms with Gasteiger partial charge in [-0.3, -0.25) is 13.9 Å². The molecule has 236 valence electrons. The molecule has 1 aliphatic rings. The molecule has 0 aliphatic heterocycles. The lowest BCUT2D eigenvalue weighted by atomic mass is 9.94. The molecule has 1 atom stereocenters. The van der Waals surface area contributed by atoms with Crippen molar-refractivity contribution >= 4 is 39.1 Å². The van der Waals surface area contributed by atoms with Crippen molar-refractivity contribution in [2.45, 2.75) is 70.0 Å². The number of amides is 2. The molecule has 1 aliphatic carbocycles. The fraction of sp³-hybridized carbons (Fsp3) is 0.394. The second kappa shape index (κ2) is 15.5. The molecular formula is C33H38ClF2N3O4S. The number of carbonyl (C=O) groups is 2. The average molecular weight is 646 g/mol. The molecule has 3 aromatic rings. The Labute approximate surface area is 263 Å². The quantitative estimate of drug-likeness (QED) is 0.238. The number of rotatable bonds is 13. The Morgan fingerprint density at radius 2 is 1.64 bits per heavy atom. The van der Waals surface area contributed by atoms with Crippen LogP contribution in [0.2, 0.25) is 5.02 Å². The Kier molecular flexibility index (Phi) is 11.7. The smallest absolute Gasteiger partial charge is 0.243 e. The summed E-state index contributed by atoms with van der Waals surface area (Å²) in [5.74, 6) is -2.85. The van der Waals surface area contributed by atoms with Crippen molar-refractivity contribution in [3.8, 4) is 0 Å². The zero-order valence-corrected chi connectivity index (χ0v) is 26.3. The molecule has 2 amide bonds.